The molecule has 1 aromatic heterocycles. The van der Waals surface area contributed by atoms with E-state index in [4.69, 9.17) is 15.8 Å². The normalized spacial score (nSPS) is 13.1. The predicted molar refractivity (Wildman–Crippen MR) is 74.5 cm³/mol. The Morgan fingerprint density at radius 3 is 2.89 bits per heavy atom. The van der Waals surface area contributed by atoms with Crippen molar-refractivity contribution in [2.24, 2.45) is 7.05 Å². The molecule has 2 rings (SSSR count). The van der Waals surface area contributed by atoms with Gasteiger partial charge in [-0.15, -0.1) is 0 Å². The van der Waals surface area contributed by atoms with Crippen molar-refractivity contribution in [1.29, 1.82) is 0 Å². The van der Waals surface area contributed by atoms with Crippen LogP contribution in [0.2, 0.25) is 0 Å². The summed E-state index contributed by atoms with van der Waals surface area (Å²) in [7, 11) is 2.04. The van der Waals surface area contributed by atoms with E-state index in [-0.39, 0.29) is 6.61 Å². The Morgan fingerprint density at radius 1 is 1.44 bits per heavy atom. The summed E-state index contributed by atoms with van der Waals surface area (Å²) in [5.74, 6) is 1.49. The Hall–Kier alpha value is -1.55. The molecule has 0 spiro atoms. The number of nitrogens with two attached hydrogens (primary N) is 1. The number of aliphatic hydroxyl groups excluding tert-OH is 1. The molecule has 0 aliphatic carbocycles. The van der Waals surface area contributed by atoms with Crippen LogP contribution in [-0.4, -0.2) is 21.3 Å². The number of hydrogen-bond donors (Lipinski definition) is 2. The highest BCUT2D eigenvalue weighted by molar-refractivity contribution is 5.79. The fraction of sp³-hybridized carbons (Fsp3) is 0.500. The number of rotatable bonds is 5. The van der Waals surface area contributed by atoms with Gasteiger partial charge in [0.05, 0.1) is 11.0 Å². The molecule has 0 amide bonds. The highest BCUT2D eigenvalue weighted by Crippen LogP contribution is 2.27. The maximum Gasteiger partial charge on any atom is 0.112 e. The van der Waals surface area contributed by atoms with Gasteiger partial charge in [-0.05, 0) is 37.5 Å². The van der Waals surface area contributed by atoms with Crippen molar-refractivity contribution in [2.75, 3.05) is 12.3 Å². The van der Waals surface area contributed by atoms with Gasteiger partial charge in [0.1, 0.15) is 5.82 Å². The van der Waals surface area contributed by atoms with Gasteiger partial charge in [0.15, 0.2) is 0 Å². The van der Waals surface area contributed by atoms with E-state index >= 15 is 0 Å². The molecule has 0 saturated heterocycles. The predicted octanol–water partition coefficient (Wildman–Crippen LogP) is 2.42. The molecule has 1 atom stereocenters. The van der Waals surface area contributed by atoms with Crippen LogP contribution in [0.15, 0.2) is 18.2 Å². The summed E-state index contributed by atoms with van der Waals surface area (Å²) in [4.78, 5) is 4.70. The first kappa shape index (κ1) is 12.9. The molecule has 0 aliphatic heterocycles. The molecule has 3 N–H and O–H groups in total. The van der Waals surface area contributed by atoms with Crippen molar-refractivity contribution in [3.05, 3.63) is 24.0 Å². The minimum Gasteiger partial charge on any atom is -0.399 e. The van der Waals surface area contributed by atoms with Crippen LogP contribution in [0.25, 0.3) is 11.0 Å². The highest BCUT2D eigenvalue weighted by atomic mass is 16.2. The second-order valence-electron chi connectivity index (χ2n) is 4.75. The molecule has 4 heteroatoms. The molecule has 0 radical (unpaired) electrons. The third-order valence-electron chi connectivity index (χ3n) is 3.51. The number of aliphatic hydroxyl groups is 1. The Labute approximate surface area is 107 Å². The fourth-order valence-electron chi connectivity index (χ4n) is 2.45. The first-order chi connectivity index (χ1) is 8.67. The van der Waals surface area contributed by atoms with Gasteiger partial charge in [-0.25, -0.2) is 4.98 Å². The molecule has 1 heterocycles. The van der Waals surface area contributed by atoms with Crippen LogP contribution in [-0.2, 0) is 7.05 Å². The third kappa shape index (κ3) is 2.34. The van der Waals surface area contributed by atoms with Crippen LogP contribution in [0, 0.1) is 0 Å². The van der Waals surface area contributed by atoms with Crippen LogP contribution in [0.3, 0.4) is 0 Å². The molecule has 98 valence electrons. The van der Waals surface area contributed by atoms with E-state index in [1.165, 1.54) is 0 Å². The first-order valence-electron chi connectivity index (χ1n) is 6.50. The van der Waals surface area contributed by atoms with E-state index in [1.807, 2.05) is 25.2 Å². The number of nitrogens with zero attached hydrogens (tertiary/aromatic N) is 2. The molecule has 1 aromatic carbocycles. The molecule has 4 nitrogen and oxygen atoms in total. The molecular formula is C14H21N3O. The van der Waals surface area contributed by atoms with E-state index < -0.39 is 0 Å². The van der Waals surface area contributed by atoms with Gasteiger partial charge in [-0.1, -0.05) is 6.92 Å². The zero-order valence-electron chi connectivity index (χ0n) is 11.1. The second kappa shape index (κ2) is 5.40. The first-order valence-corrected chi connectivity index (χ1v) is 6.50. The van der Waals surface area contributed by atoms with Crippen molar-refractivity contribution >= 4 is 16.7 Å². The fourth-order valence-corrected chi connectivity index (χ4v) is 2.45. The average molecular weight is 247 g/mol. The molecule has 0 aliphatic rings. The number of benzene rings is 1. The summed E-state index contributed by atoms with van der Waals surface area (Å²) >= 11 is 0. The van der Waals surface area contributed by atoms with Gasteiger partial charge in [-0.2, -0.15) is 0 Å². The van der Waals surface area contributed by atoms with Crippen molar-refractivity contribution in [2.45, 2.75) is 32.1 Å². The van der Waals surface area contributed by atoms with Crippen molar-refractivity contribution in [3.63, 3.8) is 0 Å². The molecule has 0 fully saturated rings. The molecule has 0 bridgehead atoms. The minimum atomic E-state index is 0.243. The smallest absolute Gasteiger partial charge is 0.112 e. The van der Waals surface area contributed by atoms with E-state index in [9.17, 15) is 0 Å². The topological polar surface area (TPSA) is 64.1 Å². The largest absolute Gasteiger partial charge is 0.399 e. The number of aryl methyl sites for hydroxylation is 1. The van der Waals surface area contributed by atoms with Gasteiger partial charge < -0.3 is 15.4 Å². The zero-order chi connectivity index (χ0) is 13.1. The number of fused-ring (bicyclic) bond motifs is 1. The average Bonchev–Trinajstić information content (AvgIpc) is 2.67. The van der Waals surface area contributed by atoms with Gasteiger partial charge in [0, 0.05) is 25.3 Å². The number of nitrogen functional groups attached to an aromatic ring is 1. The summed E-state index contributed by atoms with van der Waals surface area (Å²) in [5.41, 5.74) is 8.60. The third-order valence-corrected chi connectivity index (χ3v) is 3.51. The molecule has 0 saturated carbocycles. The van der Waals surface area contributed by atoms with Crippen LogP contribution >= 0.6 is 0 Å². The summed E-state index contributed by atoms with van der Waals surface area (Å²) in [6.07, 6.45) is 2.83. The molecular weight excluding hydrogens is 226 g/mol. The van der Waals surface area contributed by atoms with Crippen LogP contribution < -0.4 is 5.73 Å². The Bertz CT molecular complexity index is 533. The molecule has 1 unspecified atom stereocenters. The van der Waals surface area contributed by atoms with Crippen LogP contribution in [0.4, 0.5) is 5.69 Å². The van der Waals surface area contributed by atoms with E-state index in [2.05, 4.69) is 11.5 Å². The standard InChI is InChI=1S/C14H21N3O/c1-3-10(5-4-8-18)14-16-12-9-11(15)6-7-13(12)17(14)2/h6-7,9-10,18H,3-5,8,15H2,1-2H3. The van der Waals surface area contributed by atoms with Crippen molar-refractivity contribution in [1.82, 2.24) is 9.55 Å². The van der Waals surface area contributed by atoms with Crippen LogP contribution in [0.5, 0.6) is 0 Å². The van der Waals surface area contributed by atoms with Gasteiger partial charge in [-0.3, -0.25) is 0 Å². The maximum absolute atomic E-state index is 8.96. The molecule has 18 heavy (non-hydrogen) atoms. The summed E-state index contributed by atoms with van der Waals surface area (Å²) in [6.45, 7) is 2.41. The summed E-state index contributed by atoms with van der Waals surface area (Å²) in [5, 5.41) is 8.96. The number of anilines is 1. The quantitative estimate of drug-likeness (QED) is 0.797. The minimum absolute atomic E-state index is 0.243. The Balaban J connectivity index is 2.40. The maximum atomic E-state index is 8.96. The monoisotopic (exact) mass is 247 g/mol. The lowest BCUT2D eigenvalue weighted by atomic mass is 10.00. The summed E-state index contributed by atoms with van der Waals surface area (Å²) in [6, 6.07) is 5.83. The van der Waals surface area contributed by atoms with Crippen molar-refractivity contribution in [3.8, 4) is 0 Å². The van der Waals surface area contributed by atoms with E-state index in [0.29, 0.717) is 5.92 Å². The lowest BCUT2D eigenvalue weighted by molar-refractivity contribution is 0.277. The number of aromatic nitrogens is 2. The van der Waals surface area contributed by atoms with Gasteiger partial charge in [0.2, 0.25) is 0 Å². The molecule has 2 aromatic rings. The van der Waals surface area contributed by atoms with E-state index in [0.717, 1.165) is 41.8 Å². The second-order valence-corrected chi connectivity index (χ2v) is 4.75. The van der Waals surface area contributed by atoms with Gasteiger partial charge >= 0.3 is 0 Å². The van der Waals surface area contributed by atoms with E-state index in [1.54, 1.807) is 0 Å². The number of imidazole rings is 1. The summed E-state index contributed by atoms with van der Waals surface area (Å²) < 4.78 is 2.14. The lowest BCUT2D eigenvalue weighted by Crippen LogP contribution is -2.06. The SMILES string of the molecule is CCC(CCCO)c1nc2cc(N)ccc2n1C. The number of hydrogen-bond acceptors (Lipinski definition) is 3. The Morgan fingerprint density at radius 2 is 2.22 bits per heavy atom. The van der Waals surface area contributed by atoms with Gasteiger partial charge in [0.25, 0.3) is 0 Å². The Kier molecular flexibility index (Phi) is 3.87. The zero-order valence-corrected chi connectivity index (χ0v) is 11.1. The highest BCUT2D eigenvalue weighted by Gasteiger charge is 2.16. The van der Waals surface area contributed by atoms with Crippen molar-refractivity contribution < 1.29 is 5.11 Å². The lowest BCUT2D eigenvalue weighted by Gasteiger charge is -2.13. The van der Waals surface area contributed by atoms with Crippen LogP contribution in [0.1, 0.15) is 37.9 Å².